The van der Waals surface area contributed by atoms with Gasteiger partial charge in [0.25, 0.3) is 0 Å². The molecule has 1 aliphatic rings. The SMILES string of the molecule is CCC1OCC(C)(C(O)C(Cc2ccc(C(F)(F)F)cc2)n2cncn2)CO1. The van der Waals surface area contributed by atoms with E-state index in [9.17, 15) is 18.3 Å². The maximum atomic E-state index is 12.8. The van der Waals surface area contributed by atoms with Gasteiger partial charge < -0.3 is 14.6 Å². The summed E-state index contributed by atoms with van der Waals surface area (Å²) in [5, 5.41) is 15.3. The van der Waals surface area contributed by atoms with Crippen LogP contribution in [0.4, 0.5) is 13.2 Å². The van der Waals surface area contributed by atoms with Gasteiger partial charge >= 0.3 is 6.18 Å². The Morgan fingerprint density at radius 3 is 2.39 bits per heavy atom. The van der Waals surface area contributed by atoms with E-state index in [4.69, 9.17) is 9.47 Å². The van der Waals surface area contributed by atoms with Crippen LogP contribution in [0.2, 0.25) is 0 Å². The van der Waals surface area contributed by atoms with Crippen molar-refractivity contribution in [1.82, 2.24) is 14.8 Å². The van der Waals surface area contributed by atoms with Crippen LogP contribution in [0.15, 0.2) is 36.9 Å². The summed E-state index contributed by atoms with van der Waals surface area (Å²) in [4.78, 5) is 3.94. The molecule has 1 aromatic carbocycles. The van der Waals surface area contributed by atoms with E-state index in [2.05, 4.69) is 10.1 Å². The zero-order chi connectivity index (χ0) is 20.4. The van der Waals surface area contributed by atoms with Gasteiger partial charge in [-0.2, -0.15) is 18.3 Å². The summed E-state index contributed by atoms with van der Waals surface area (Å²) in [6.07, 6.45) is -1.74. The second-order valence-electron chi connectivity index (χ2n) is 7.40. The smallest absolute Gasteiger partial charge is 0.390 e. The van der Waals surface area contributed by atoms with E-state index in [1.807, 2.05) is 13.8 Å². The predicted molar refractivity (Wildman–Crippen MR) is 94.3 cm³/mol. The highest BCUT2D eigenvalue weighted by molar-refractivity contribution is 5.25. The molecule has 2 atom stereocenters. The average Bonchev–Trinajstić information content (AvgIpc) is 3.20. The topological polar surface area (TPSA) is 69.4 Å². The van der Waals surface area contributed by atoms with Crippen LogP contribution in [-0.2, 0) is 22.1 Å². The zero-order valence-electron chi connectivity index (χ0n) is 15.8. The van der Waals surface area contributed by atoms with Crippen molar-refractivity contribution in [3.05, 3.63) is 48.0 Å². The van der Waals surface area contributed by atoms with Crippen molar-refractivity contribution in [2.75, 3.05) is 13.2 Å². The van der Waals surface area contributed by atoms with Crippen LogP contribution in [0, 0.1) is 5.41 Å². The van der Waals surface area contributed by atoms with Gasteiger partial charge in [-0.15, -0.1) is 0 Å². The van der Waals surface area contributed by atoms with Gasteiger partial charge in [0.15, 0.2) is 6.29 Å². The minimum Gasteiger partial charge on any atom is -0.390 e. The van der Waals surface area contributed by atoms with E-state index < -0.39 is 29.3 Å². The van der Waals surface area contributed by atoms with Gasteiger partial charge in [0.1, 0.15) is 12.7 Å². The van der Waals surface area contributed by atoms with Gasteiger partial charge in [0.2, 0.25) is 0 Å². The predicted octanol–water partition coefficient (Wildman–Crippen LogP) is 3.23. The fourth-order valence-corrected chi connectivity index (χ4v) is 3.34. The summed E-state index contributed by atoms with van der Waals surface area (Å²) in [7, 11) is 0. The summed E-state index contributed by atoms with van der Waals surface area (Å²) >= 11 is 0. The number of aliphatic hydroxyl groups excluding tert-OH is 1. The number of alkyl halides is 3. The van der Waals surface area contributed by atoms with Gasteiger partial charge in [-0.1, -0.05) is 26.0 Å². The van der Waals surface area contributed by atoms with E-state index in [0.717, 1.165) is 12.1 Å². The molecule has 154 valence electrons. The quantitative estimate of drug-likeness (QED) is 0.808. The van der Waals surface area contributed by atoms with Crippen LogP contribution in [0.3, 0.4) is 0 Å². The molecule has 0 spiro atoms. The summed E-state index contributed by atoms with van der Waals surface area (Å²) in [5.74, 6) is 0. The Morgan fingerprint density at radius 2 is 1.89 bits per heavy atom. The van der Waals surface area contributed by atoms with Gasteiger partial charge in [0, 0.05) is 5.41 Å². The first kappa shape index (κ1) is 20.8. The van der Waals surface area contributed by atoms with E-state index in [1.165, 1.54) is 29.5 Å². The summed E-state index contributed by atoms with van der Waals surface area (Å²) in [6.45, 7) is 4.43. The second kappa shape index (κ2) is 8.18. The van der Waals surface area contributed by atoms with Crippen molar-refractivity contribution >= 4 is 0 Å². The summed E-state index contributed by atoms with van der Waals surface area (Å²) in [5.41, 5.74) is -0.741. The van der Waals surface area contributed by atoms with Crippen molar-refractivity contribution < 1.29 is 27.8 Å². The Morgan fingerprint density at radius 1 is 1.25 bits per heavy atom. The molecule has 1 saturated heterocycles. The van der Waals surface area contributed by atoms with Gasteiger partial charge in [0.05, 0.1) is 30.9 Å². The Balaban J connectivity index is 1.80. The fourth-order valence-electron chi connectivity index (χ4n) is 3.34. The Labute approximate surface area is 161 Å². The van der Waals surface area contributed by atoms with Gasteiger partial charge in [-0.25, -0.2) is 9.67 Å². The molecule has 1 aromatic heterocycles. The number of hydrogen-bond acceptors (Lipinski definition) is 5. The van der Waals surface area contributed by atoms with E-state index in [1.54, 1.807) is 0 Å². The molecule has 2 heterocycles. The molecule has 2 unspecified atom stereocenters. The number of hydrogen-bond donors (Lipinski definition) is 1. The Kier molecular flexibility index (Phi) is 6.07. The van der Waals surface area contributed by atoms with Gasteiger partial charge in [-0.05, 0) is 30.5 Å². The maximum absolute atomic E-state index is 12.8. The lowest BCUT2D eigenvalue weighted by Gasteiger charge is -2.42. The number of rotatable bonds is 6. The molecule has 9 heteroatoms. The molecule has 1 aliphatic heterocycles. The summed E-state index contributed by atoms with van der Waals surface area (Å²) < 4.78 is 51.3. The monoisotopic (exact) mass is 399 g/mol. The first-order valence-electron chi connectivity index (χ1n) is 9.14. The fraction of sp³-hybridized carbons (Fsp3) is 0.579. The van der Waals surface area contributed by atoms with Crippen LogP contribution in [-0.4, -0.2) is 45.5 Å². The van der Waals surface area contributed by atoms with Crippen molar-refractivity contribution in [2.45, 2.75) is 51.3 Å². The van der Waals surface area contributed by atoms with Crippen molar-refractivity contribution in [1.29, 1.82) is 0 Å². The molecule has 6 nitrogen and oxygen atoms in total. The number of benzene rings is 1. The molecule has 1 fully saturated rings. The van der Waals surface area contributed by atoms with Crippen molar-refractivity contribution in [3.63, 3.8) is 0 Å². The normalized spacial score (nSPS) is 25.4. The molecule has 0 radical (unpaired) electrons. The first-order chi connectivity index (χ1) is 13.2. The van der Waals surface area contributed by atoms with Crippen molar-refractivity contribution in [2.24, 2.45) is 5.41 Å². The Bertz CT molecular complexity index is 742. The maximum Gasteiger partial charge on any atom is 0.416 e. The molecular formula is C19H24F3N3O3. The van der Waals surface area contributed by atoms with Crippen LogP contribution in [0.5, 0.6) is 0 Å². The highest BCUT2D eigenvalue weighted by Gasteiger charge is 2.43. The van der Waals surface area contributed by atoms with E-state index >= 15 is 0 Å². The molecule has 0 aliphatic carbocycles. The minimum absolute atomic E-state index is 0.287. The molecule has 1 N–H and O–H groups in total. The molecule has 0 saturated carbocycles. The Hall–Kier alpha value is -1.97. The highest BCUT2D eigenvalue weighted by atomic mass is 19.4. The van der Waals surface area contributed by atoms with Gasteiger partial charge in [-0.3, -0.25) is 0 Å². The van der Waals surface area contributed by atoms with Crippen LogP contribution >= 0.6 is 0 Å². The third-order valence-electron chi connectivity index (χ3n) is 5.11. The third kappa shape index (κ3) is 4.53. The highest BCUT2D eigenvalue weighted by Crippen LogP contribution is 2.36. The summed E-state index contributed by atoms with van der Waals surface area (Å²) in [6, 6.07) is 4.39. The second-order valence-corrected chi connectivity index (χ2v) is 7.40. The van der Waals surface area contributed by atoms with Crippen LogP contribution < -0.4 is 0 Å². The van der Waals surface area contributed by atoms with Crippen molar-refractivity contribution in [3.8, 4) is 0 Å². The largest absolute Gasteiger partial charge is 0.416 e. The number of nitrogens with zero attached hydrogens (tertiary/aromatic N) is 3. The molecule has 0 bridgehead atoms. The molecule has 28 heavy (non-hydrogen) atoms. The number of halogens is 3. The lowest BCUT2D eigenvalue weighted by atomic mass is 9.79. The minimum atomic E-state index is -4.39. The first-order valence-corrected chi connectivity index (χ1v) is 9.14. The average molecular weight is 399 g/mol. The van der Waals surface area contributed by atoms with Crippen LogP contribution in [0.1, 0.15) is 37.4 Å². The molecular weight excluding hydrogens is 375 g/mol. The zero-order valence-corrected chi connectivity index (χ0v) is 15.8. The number of aliphatic hydroxyl groups is 1. The molecule has 0 amide bonds. The van der Waals surface area contributed by atoms with Crippen LogP contribution in [0.25, 0.3) is 0 Å². The number of aromatic nitrogens is 3. The standard InChI is InChI=1S/C19H24F3N3O3/c1-3-16-27-9-18(2,10-28-16)17(26)15(25-12-23-11-24-25)8-13-4-6-14(7-5-13)19(20,21)22/h4-7,11-12,15-17,26H,3,8-10H2,1-2H3. The number of ether oxygens (including phenoxy) is 2. The lowest BCUT2D eigenvalue weighted by Crippen LogP contribution is -2.50. The lowest BCUT2D eigenvalue weighted by molar-refractivity contribution is -0.249. The molecule has 2 aromatic rings. The third-order valence-corrected chi connectivity index (χ3v) is 5.11. The van der Waals surface area contributed by atoms with E-state index in [0.29, 0.717) is 25.2 Å². The molecule has 3 rings (SSSR count). The van der Waals surface area contributed by atoms with E-state index in [-0.39, 0.29) is 12.7 Å².